The molecular weight excluding hydrogens is 719 g/mol. The average Bonchev–Trinajstić information content (AvgIpc) is 3.37. The highest BCUT2D eigenvalue weighted by Gasteiger charge is 2.69. The zero-order chi connectivity index (χ0) is 40.3. The Morgan fingerprint density at radius 2 is 1.58 bits per heavy atom. The van der Waals surface area contributed by atoms with Crippen LogP contribution in [0.4, 0.5) is 18.0 Å². The number of fused-ring (bicyclic) bond motifs is 1. The standard InChI is InChI=1S/C35H58F3N7O7S/c1-10-18-39-30(48)28(46)23(16-17-35(36,37)38)40-29(47)27-25-22(34(25,5)6)19-45(27)31(49)26(21-14-12-11-13-15-21)42-32(50)41-24(33(2,3)4)20-44(9)53(51,52)43(7)8/h10,21-27H,1,11-20H2,2-9H3,(H,39,48)(H,40,47)(H2,41,42,50)/t22-,23?,24+,25-,26-,27-/m0/s1. The van der Waals surface area contributed by atoms with Gasteiger partial charge in [0.1, 0.15) is 12.1 Å². The van der Waals surface area contributed by atoms with Crippen LogP contribution in [-0.4, -0.2) is 123 Å². The van der Waals surface area contributed by atoms with Crippen LogP contribution in [0.5, 0.6) is 0 Å². The van der Waals surface area contributed by atoms with Gasteiger partial charge in [-0.15, -0.1) is 6.58 Å². The maximum Gasteiger partial charge on any atom is 0.389 e. The SMILES string of the molecule is C=CCNC(=O)C(=O)C(CCC(F)(F)F)NC(=O)[C@@H]1[C@@H]2[C@H](CN1C(=O)[C@@H](NC(=O)N[C@H](CN(C)S(=O)(=O)N(C)C)C(C)(C)C)C1CCCCC1)C2(C)C. The highest BCUT2D eigenvalue weighted by Crippen LogP contribution is 2.65. The van der Waals surface area contributed by atoms with E-state index < -0.39 is 93.8 Å². The number of nitrogens with one attached hydrogen (secondary N) is 4. The van der Waals surface area contributed by atoms with Crippen molar-refractivity contribution < 1.29 is 45.6 Å². The molecular formula is C35H58F3N7O7S. The fourth-order valence-corrected chi connectivity index (χ4v) is 8.49. The largest absolute Gasteiger partial charge is 0.389 e. The second-order valence-electron chi connectivity index (χ2n) is 16.4. The van der Waals surface area contributed by atoms with Crippen LogP contribution in [-0.2, 0) is 29.4 Å². The molecule has 302 valence electrons. The molecule has 2 aliphatic carbocycles. The zero-order valence-electron chi connectivity index (χ0n) is 32.1. The molecule has 0 aromatic carbocycles. The molecule has 0 bridgehead atoms. The molecule has 0 aromatic rings. The van der Waals surface area contributed by atoms with E-state index in [1.54, 1.807) is 0 Å². The van der Waals surface area contributed by atoms with Gasteiger partial charge in [0, 0.05) is 53.2 Å². The van der Waals surface area contributed by atoms with Crippen LogP contribution in [0.3, 0.4) is 0 Å². The Kier molecular flexibility index (Phi) is 14.2. The highest BCUT2D eigenvalue weighted by atomic mass is 32.2. The molecule has 0 aromatic heterocycles. The van der Waals surface area contributed by atoms with Gasteiger partial charge in [-0.1, -0.05) is 60.0 Å². The van der Waals surface area contributed by atoms with Gasteiger partial charge in [0.05, 0.1) is 6.04 Å². The van der Waals surface area contributed by atoms with Crippen LogP contribution in [0, 0.1) is 28.6 Å². The maximum absolute atomic E-state index is 14.6. The second kappa shape index (κ2) is 17.0. The van der Waals surface area contributed by atoms with Gasteiger partial charge in [-0.25, -0.2) is 4.79 Å². The Morgan fingerprint density at radius 3 is 2.11 bits per heavy atom. The Hall–Kier alpha value is -3.25. The maximum atomic E-state index is 14.6. The van der Waals surface area contributed by atoms with Crippen molar-refractivity contribution >= 4 is 39.7 Å². The van der Waals surface area contributed by atoms with Crippen molar-refractivity contribution in [2.24, 2.45) is 28.6 Å². The molecule has 0 spiro atoms. The van der Waals surface area contributed by atoms with Crippen LogP contribution in [0.15, 0.2) is 12.7 Å². The van der Waals surface area contributed by atoms with Crippen molar-refractivity contribution in [1.82, 2.24) is 34.8 Å². The number of halogens is 3. The van der Waals surface area contributed by atoms with E-state index in [0.717, 1.165) is 27.9 Å². The number of rotatable bonds is 16. The van der Waals surface area contributed by atoms with Gasteiger partial charge in [0.25, 0.3) is 16.1 Å². The van der Waals surface area contributed by atoms with E-state index >= 15 is 0 Å². The molecule has 1 unspecified atom stereocenters. The van der Waals surface area contributed by atoms with Gasteiger partial charge >= 0.3 is 12.2 Å². The first-order valence-corrected chi connectivity index (χ1v) is 19.6. The molecule has 18 heteroatoms. The molecule has 6 atom stereocenters. The lowest BCUT2D eigenvalue weighted by Gasteiger charge is -2.38. The monoisotopic (exact) mass is 777 g/mol. The number of likely N-dealkylation sites (tertiary alicyclic amines) is 1. The van der Waals surface area contributed by atoms with Crippen LogP contribution in [0.1, 0.15) is 79.6 Å². The van der Waals surface area contributed by atoms with E-state index in [2.05, 4.69) is 27.8 Å². The molecule has 3 rings (SSSR count). The lowest BCUT2D eigenvalue weighted by Crippen LogP contribution is -2.62. The molecule has 3 aliphatic rings. The van der Waals surface area contributed by atoms with Crippen LogP contribution >= 0.6 is 0 Å². The van der Waals surface area contributed by atoms with Gasteiger partial charge in [0.2, 0.25) is 17.6 Å². The van der Waals surface area contributed by atoms with Gasteiger partial charge in [-0.2, -0.15) is 30.2 Å². The van der Waals surface area contributed by atoms with E-state index in [0.29, 0.717) is 12.8 Å². The fourth-order valence-electron chi connectivity index (χ4n) is 7.59. The van der Waals surface area contributed by atoms with Crippen LogP contribution < -0.4 is 21.3 Å². The molecule has 2 saturated carbocycles. The molecule has 53 heavy (non-hydrogen) atoms. The number of Topliss-reactive ketones (excluding diaryl/α,β-unsaturated/α-hetero) is 1. The first kappa shape index (κ1) is 44.1. The lowest BCUT2D eigenvalue weighted by atomic mass is 9.83. The van der Waals surface area contributed by atoms with E-state index in [-0.39, 0.29) is 37.4 Å². The zero-order valence-corrected chi connectivity index (χ0v) is 33.0. The predicted octanol–water partition coefficient (Wildman–Crippen LogP) is 2.57. The third kappa shape index (κ3) is 10.9. The smallest absolute Gasteiger partial charge is 0.346 e. The number of carbonyl (C=O) groups is 5. The number of carbonyl (C=O) groups excluding carboxylic acids is 5. The summed E-state index contributed by atoms with van der Waals surface area (Å²) in [5.74, 6) is -4.58. The summed E-state index contributed by atoms with van der Waals surface area (Å²) in [5.41, 5.74) is -0.999. The third-order valence-electron chi connectivity index (χ3n) is 11.1. The van der Waals surface area contributed by atoms with Crippen molar-refractivity contribution in [2.45, 2.75) is 110 Å². The van der Waals surface area contributed by atoms with Crippen molar-refractivity contribution in [2.75, 3.05) is 40.8 Å². The summed E-state index contributed by atoms with van der Waals surface area (Å²) in [7, 11) is 0.406. The van der Waals surface area contributed by atoms with E-state index in [9.17, 15) is 45.6 Å². The molecule has 5 amide bonds. The molecule has 14 nitrogen and oxygen atoms in total. The Labute approximate surface area is 311 Å². The Balaban J connectivity index is 1.90. The number of hydrogen-bond donors (Lipinski definition) is 4. The quantitative estimate of drug-likeness (QED) is 0.138. The minimum absolute atomic E-state index is 0.0634. The number of piperidine rings is 1. The van der Waals surface area contributed by atoms with Crippen LogP contribution in [0.2, 0.25) is 0 Å². The average molecular weight is 778 g/mol. The molecule has 4 N–H and O–H groups in total. The van der Waals surface area contributed by atoms with E-state index in [4.69, 9.17) is 0 Å². The van der Waals surface area contributed by atoms with Crippen LogP contribution in [0.25, 0.3) is 0 Å². The minimum Gasteiger partial charge on any atom is -0.346 e. The number of hydrogen-bond acceptors (Lipinski definition) is 7. The summed E-state index contributed by atoms with van der Waals surface area (Å²) in [6, 6.07) is -5.41. The molecule has 3 fully saturated rings. The summed E-state index contributed by atoms with van der Waals surface area (Å²) < 4.78 is 67.5. The first-order valence-electron chi connectivity index (χ1n) is 18.2. The summed E-state index contributed by atoms with van der Waals surface area (Å²) in [5, 5.41) is 10.3. The third-order valence-corrected chi connectivity index (χ3v) is 12.9. The lowest BCUT2D eigenvalue weighted by molar-refractivity contribution is -0.147. The van der Waals surface area contributed by atoms with Gasteiger partial charge < -0.3 is 26.2 Å². The molecule has 1 heterocycles. The Bertz CT molecular complexity index is 1490. The summed E-state index contributed by atoms with van der Waals surface area (Å²) in [4.78, 5) is 69.1. The van der Waals surface area contributed by atoms with E-state index in [1.807, 2.05) is 34.6 Å². The van der Waals surface area contributed by atoms with Crippen molar-refractivity contribution in [1.29, 1.82) is 0 Å². The Morgan fingerprint density at radius 1 is 0.981 bits per heavy atom. The van der Waals surface area contributed by atoms with Gasteiger partial charge in [0.15, 0.2) is 0 Å². The summed E-state index contributed by atoms with van der Waals surface area (Å²) in [6.45, 7) is 12.8. The van der Waals surface area contributed by atoms with Crippen molar-refractivity contribution in [3.63, 3.8) is 0 Å². The molecule has 1 saturated heterocycles. The fraction of sp³-hybridized carbons (Fsp3) is 0.800. The topological polar surface area (TPSA) is 177 Å². The second-order valence-corrected chi connectivity index (χ2v) is 18.7. The normalized spacial score (nSPS) is 23.4. The molecule has 0 radical (unpaired) electrons. The van der Waals surface area contributed by atoms with Gasteiger partial charge in [-0.3, -0.25) is 19.2 Å². The molecule has 1 aliphatic heterocycles. The number of nitrogens with zero attached hydrogens (tertiary/aromatic N) is 3. The minimum atomic E-state index is -4.67. The van der Waals surface area contributed by atoms with E-state index in [1.165, 1.54) is 32.1 Å². The number of likely N-dealkylation sites (N-methyl/N-ethyl adjacent to an activating group) is 1. The number of ketones is 1. The number of urea groups is 1. The number of alkyl halides is 3. The first-order chi connectivity index (χ1) is 24.3. The highest BCUT2D eigenvalue weighted by molar-refractivity contribution is 7.86. The van der Waals surface area contributed by atoms with Crippen molar-refractivity contribution in [3.8, 4) is 0 Å². The number of amides is 5. The summed E-state index contributed by atoms with van der Waals surface area (Å²) >= 11 is 0. The summed E-state index contributed by atoms with van der Waals surface area (Å²) in [6.07, 6.45) is -1.85. The van der Waals surface area contributed by atoms with Crippen molar-refractivity contribution in [3.05, 3.63) is 12.7 Å². The van der Waals surface area contributed by atoms with Gasteiger partial charge in [-0.05, 0) is 47.8 Å². The predicted molar refractivity (Wildman–Crippen MR) is 192 cm³/mol.